The number of dihydropyridines is 1. The Labute approximate surface area is 179 Å². The van der Waals surface area contributed by atoms with Crippen molar-refractivity contribution >= 4 is 27.7 Å². The number of carbonyl (C=O) groups is 2. The minimum Gasteiger partial charge on any atom is -0.493 e. The lowest BCUT2D eigenvalue weighted by molar-refractivity contribution is -0.136. The zero-order chi connectivity index (χ0) is 21.5. The molecule has 0 radical (unpaired) electrons. The molecular weight excluding hydrogens is 438 g/mol. The summed E-state index contributed by atoms with van der Waals surface area (Å²) in [5, 5.41) is 3.31. The monoisotopic (exact) mass is 463 g/mol. The van der Waals surface area contributed by atoms with Crippen LogP contribution in [-0.2, 0) is 14.3 Å². The summed E-state index contributed by atoms with van der Waals surface area (Å²) in [6.07, 6.45) is 1.14. The number of Topliss-reactive ketones (excluding diaryl/α,β-unsaturated/α-hetero) is 1. The van der Waals surface area contributed by atoms with E-state index in [1.165, 1.54) is 7.11 Å². The highest BCUT2D eigenvalue weighted by molar-refractivity contribution is 9.10. The van der Waals surface area contributed by atoms with E-state index in [4.69, 9.17) is 14.2 Å². The summed E-state index contributed by atoms with van der Waals surface area (Å²) in [5.74, 6) is 0.0891. The molecule has 1 aliphatic heterocycles. The van der Waals surface area contributed by atoms with Gasteiger partial charge in [0.2, 0.25) is 0 Å². The van der Waals surface area contributed by atoms with Gasteiger partial charge in [-0.2, -0.15) is 0 Å². The first kappa shape index (κ1) is 21.4. The van der Waals surface area contributed by atoms with Crippen LogP contribution in [0.2, 0.25) is 0 Å². The number of ketones is 1. The molecule has 1 aromatic rings. The van der Waals surface area contributed by atoms with E-state index in [1.807, 2.05) is 13.0 Å². The molecule has 0 amide bonds. The summed E-state index contributed by atoms with van der Waals surface area (Å²) in [4.78, 5) is 26.0. The van der Waals surface area contributed by atoms with Crippen molar-refractivity contribution in [3.05, 3.63) is 44.7 Å². The largest absolute Gasteiger partial charge is 0.493 e. The third kappa shape index (κ3) is 3.80. The highest BCUT2D eigenvalue weighted by atomic mass is 79.9. The fourth-order valence-electron chi connectivity index (χ4n) is 4.22. The first-order valence-corrected chi connectivity index (χ1v) is 10.2. The van der Waals surface area contributed by atoms with Crippen LogP contribution in [0.3, 0.4) is 0 Å². The van der Waals surface area contributed by atoms with Gasteiger partial charge in [0.1, 0.15) is 0 Å². The van der Waals surface area contributed by atoms with Gasteiger partial charge in [-0.15, -0.1) is 0 Å². The topological polar surface area (TPSA) is 73.9 Å². The summed E-state index contributed by atoms with van der Waals surface area (Å²) < 4.78 is 16.6. The number of hydrogen-bond acceptors (Lipinski definition) is 6. The number of allylic oxidation sites excluding steroid dienone is 3. The quantitative estimate of drug-likeness (QED) is 0.672. The van der Waals surface area contributed by atoms with E-state index in [-0.39, 0.29) is 11.2 Å². The van der Waals surface area contributed by atoms with Gasteiger partial charge in [0.25, 0.3) is 0 Å². The maximum Gasteiger partial charge on any atom is 0.336 e. The van der Waals surface area contributed by atoms with Crippen molar-refractivity contribution in [2.75, 3.05) is 21.3 Å². The molecule has 3 rings (SSSR count). The molecule has 0 saturated heterocycles. The fraction of sp³-hybridized carbons (Fsp3) is 0.455. The van der Waals surface area contributed by atoms with Gasteiger partial charge in [0.15, 0.2) is 17.3 Å². The number of carbonyl (C=O) groups excluding carboxylic acids is 2. The van der Waals surface area contributed by atoms with Crippen molar-refractivity contribution in [2.45, 2.75) is 39.5 Å². The van der Waals surface area contributed by atoms with Gasteiger partial charge in [-0.25, -0.2) is 4.79 Å². The average molecular weight is 464 g/mol. The first-order valence-electron chi connectivity index (χ1n) is 9.37. The second-order valence-electron chi connectivity index (χ2n) is 8.15. The van der Waals surface area contributed by atoms with Gasteiger partial charge in [-0.05, 0) is 36.5 Å². The molecule has 0 unspecified atom stereocenters. The van der Waals surface area contributed by atoms with Crippen molar-refractivity contribution in [1.29, 1.82) is 0 Å². The maximum atomic E-state index is 13.2. The summed E-state index contributed by atoms with van der Waals surface area (Å²) in [6.45, 7) is 5.99. The van der Waals surface area contributed by atoms with Gasteiger partial charge in [-0.3, -0.25) is 4.79 Å². The molecule has 1 atom stereocenters. The number of nitrogens with one attached hydrogen (secondary N) is 1. The van der Waals surface area contributed by atoms with Crippen LogP contribution in [-0.4, -0.2) is 33.1 Å². The third-order valence-corrected chi connectivity index (χ3v) is 6.15. The number of ether oxygens (including phenoxy) is 3. The number of methoxy groups -OCH3 is 3. The van der Waals surface area contributed by atoms with E-state index in [9.17, 15) is 9.59 Å². The van der Waals surface area contributed by atoms with E-state index < -0.39 is 11.9 Å². The smallest absolute Gasteiger partial charge is 0.336 e. The van der Waals surface area contributed by atoms with Crippen molar-refractivity contribution in [3.8, 4) is 11.5 Å². The Morgan fingerprint density at radius 2 is 1.76 bits per heavy atom. The van der Waals surface area contributed by atoms with Crippen LogP contribution in [0.1, 0.15) is 45.1 Å². The van der Waals surface area contributed by atoms with Gasteiger partial charge < -0.3 is 19.5 Å². The molecule has 1 aliphatic carbocycles. The van der Waals surface area contributed by atoms with Crippen LogP contribution >= 0.6 is 15.9 Å². The standard InChI is InChI=1S/C22H26BrNO5/c1-11-18(21(26)29-6)19(12-7-16(27-4)17(28-5)8-13(12)23)20-14(24-11)9-22(2,3)10-15(20)25/h7-8,19,24H,9-10H2,1-6H3/t19-/m1/s1. The van der Waals surface area contributed by atoms with Gasteiger partial charge >= 0.3 is 5.97 Å². The Hall–Kier alpha value is -2.28. The summed E-state index contributed by atoms with van der Waals surface area (Å²) in [5.41, 5.74) is 3.20. The molecule has 1 heterocycles. The number of esters is 1. The second kappa shape index (κ2) is 7.86. The number of rotatable bonds is 4. The van der Waals surface area contributed by atoms with Gasteiger partial charge in [0, 0.05) is 33.8 Å². The third-order valence-electron chi connectivity index (χ3n) is 5.46. The Morgan fingerprint density at radius 3 is 2.34 bits per heavy atom. The lowest BCUT2D eigenvalue weighted by Crippen LogP contribution is -2.38. The molecule has 29 heavy (non-hydrogen) atoms. The predicted octanol–water partition coefficient (Wildman–Crippen LogP) is 4.24. The van der Waals surface area contributed by atoms with Crippen molar-refractivity contribution in [1.82, 2.24) is 5.32 Å². The predicted molar refractivity (Wildman–Crippen MR) is 113 cm³/mol. The van der Waals surface area contributed by atoms with E-state index in [2.05, 4.69) is 35.1 Å². The number of benzene rings is 1. The molecule has 1 N–H and O–H groups in total. The molecular formula is C22H26BrNO5. The zero-order valence-electron chi connectivity index (χ0n) is 17.6. The van der Waals surface area contributed by atoms with E-state index >= 15 is 0 Å². The Morgan fingerprint density at radius 1 is 1.14 bits per heavy atom. The van der Waals surface area contributed by atoms with Crippen LogP contribution in [0.15, 0.2) is 39.1 Å². The molecule has 6 nitrogen and oxygen atoms in total. The number of halogens is 1. The zero-order valence-corrected chi connectivity index (χ0v) is 19.2. The molecule has 0 aromatic heterocycles. The molecule has 2 aliphatic rings. The van der Waals surface area contributed by atoms with Crippen molar-refractivity contribution < 1.29 is 23.8 Å². The fourth-order valence-corrected chi connectivity index (χ4v) is 4.77. The van der Waals surface area contributed by atoms with Gasteiger partial charge in [0.05, 0.1) is 26.9 Å². The molecule has 0 bridgehead atoms. The summed E-state index contributed by atoms with van der Waals surface area (Å²) in [7, 11) is 4.46. The molecule has 0 spiro atoms. The van der Waals surface area contributed by atoms with Crippen LogP contribution < -0.4 is 14.8 Å². The Balaban J connectivity index is 2.28. The molecule has 7 heteroatoms. The minimum absolute atomic E-state index is 0.0318. The minimum atomic E-state index is -0.559. The summed E-state index contributed by atoms with van der Waals surface area (Å²) in [6, 6.07) is 3.60. The highest BCUT2D eigenvalue weighted by Gasteiger charge is 2.43. The molecule has 1 aromatic carbocycles. The number of hydrogen-bond donors (Lipinski definition) is 1. The van der Waals surface area contributed by atoms with E-state index in [0.717, 1.165) is 22.2 Å². The van der Waals surface area contributed by atoms with Crippen LogP contribution in [0.25, 0.3) is 0 Å². The molecule has 156 valence electrons. The lowest BCUT2D eigenvalue weighted by Gasteiger charge is -2.39. The van der Waals surface area contributed by atoms with E-state index in [1.54, 1.807) is 20.3 Å². The van der Waals surface area contributed by atoms with E-state index in [0.29, 0.717) is 34.8 Å². The van der Waals surface area contributed by atoms with Crippen LogP contribution in [0, 0.1) is 5.41 Å². The second-order valence-corrected chi connectivity index (χ2v) is 9.00. The van der Waals surface area contributed by atoms with Crippen molar-refractivity contribution in [3.63, 3.8) is 0 Å². The highest BCUT2D eigenvalue weighted by Crippen LogP contribution is 2.49. The van der Waals surface area contributed by atoms with Crippen molar-refractivity contribution in [2.24, 2.45) is 5.41 Å². The molecule has 0 saturated carbocycles. The first-order chi connectivity index (χ1) is 13.6. The van der Waals surface area contributed by atoms with Crippen LogP contribution in [0.5, 0.6) is 11.5 Å². The normalized spacial score (nSPS) is 20.8. The van der Waals surface area contributed by atoms with Crippen LogP contribution in [0.4, 0.5) is 0 Å². The van der Waals surface area contributed by atoms with Gasteiger partial charge in [-0.1, -0.05) is 29.8 Å². The SMILES string of the molecule is COC(=O)C1=C(C)NC2=C(C(=O)CC(C)(C)C2)[C@@H]1c1cc(OC)c(OC)cc1Br. The lowest BCUT2D eigenvalue weighted by atomic mass is 9.68. The maximum absolute atomic E-state index is 13.2. The Bertz CT molecular complexity index is 945. The molecule has 0 fully saturated rings. The Kier molecular flexibility index (Phi) is 5.81. The average Bonchev–Trinajstić information content (AvgIpc) is 2.65. The summed E-state index contributed by atoms with van der Waals surface area (Å²) >= 11 is 3.60.